The molecule has 1 saturated carbocycles. The van der Waals surface area contributed by atoms with Gasteiger partial charge < -0.3 is 9.84 Å². The van der Waals surface area contributed by atoms with Gasteiger partial charge >= 0.3 is 12.1 Å². The topological polar surface area (TPSA) is 66.8 Å². The number of aliphatic carboxylic acids is 1. The highest BCUT2D eigenvalue weighted by Gasteiger charge is 2.72. The van der Waals surface area contributed by atoms with Crippen LogP contribution in [0.4, 0.5) is 9.18 Å². The number of nitrogens with zero attached hydrogens (tertiary/aromatic N) is 1. The summed E-state index contributed by atoms with van der Waals surface area (Å²) in [4.78, 5) is 25.2. The minimum Gasteiger partial charge on any atom is -0.479 e. The van der Waals surface area contributed by atoms with E-state index in [4.69, 9.17) is 4.74 Å². The molecule has 4 aliphatic rings. The molecular formula is C21H18FNO4. The lowest BCUT2D eigenvalue weighted by atomic mass is 9.71. The molecule has 5 nitrogen and oxygen atoms in total. The van der Waals surface area contributed by atoms with E-state index in [1.54, 1.807) is 0 Å². The van der Waals surface area contributed by atoms with Crippen molar-refractivity contribution in [3.8, 4) is 11.1 Å². The molecule has 0 spiro atoms. The van der Waals surface area contributed by atoms with Crippen molar-refractivity contribution in [3.05, 3.63) is 59.7 Å². The Labute approximate surface area is 155 Å². The normalized spacial score (nSPS) is 27.7. The molecule has 2 aliphatic carbocycles. The van der Waals surface area contributed by atoms with Crippen LogP contribution in [-0.2, 0) is 9.53 Å². The molecule has 6 heteroatoms. The van der Waals surface area contributed by atoms with Gasteiger partial charge in [-0.3, -0.25) is 4.90 Å². The number of carbonyl (C=O) groups excluding carboxylic acids is 1. The molecule has 2 aromatic carbocycles. The van der Waals surface area contributed by atoms with Crippen molar-refractivity contribution in [2.75, 3.05) is 13.2 Å². The van der Waals surface area contributed by atoms with Crippen molar-refractivity contribution in [1.82, 2.24) is 4.90 Å². The molecule has 0 atom stereocenters. The molecule has 3 fully saturated rings. The Kier molecular flexibility index (Phi) is 3.21. The van der Waals surface area contributed by atoms with Crippen molar-refractivity contribution >= 4 is 12.1 Å². The first-order valence-electron chi connectivity index (χ1n) is 8.99. The molecule has 0 unspecified atom stereocenters. The third kappa shape index (κ3) is 2.16. The highest BCUT2D eigenvalue weighted by molar-refractivity contribution is 5.88. The molecule has 2 heterocycles. The summed E-state index contributed by atoms with van der Waals surface area (Å²) in [5.74, 6) is -1.28. The second-order valence-electron chi connectivity index (χ2n) is 7.73. The van der Waals surface area contributed by atoms with E-state index in [-0.39, 0.29) is 31.9 Å². The quantitative estimate of drug-likeness (QED) is 0.901. The fourth-order valence-corrected chi connectivity index (χ4v) is 4.91. The predicted molar refractivity (Wildman–Crippen MR) is 95.2 cm³/mol. The van der Waals surface area contributed by atoms with E-state index in [9.17, 15) is 19.1 Å². The van der Waals surface area contributed by atoms with Gasteiger partial charge in [-0.1, -0.05) is 48.5 Å². The minimum atomic E-state index is -1.59. The maximum atomic E-state index is 14.3. The van der Waals surface area contributed by atoms with E-state index in [1.807, 2.05) is 48.5 Å². The number of rotatable bonds is 3. The van der Waals surface area contributed by atoms with Gasteiger partial charge in [-0.15, -0.1) is 0 Å². The van der Waals surface area contributed by atoms with Crippen LogP contribution in [0.2, 0.25) is 0 Å². The van der Waals surface area contributed by atoms with Crippen molar-refractivity contribution < 1.29 is 23.8 Å². The highest BCUT2D eigenvalue weighted by Crippen LogP contribution is 2.56. The number of fused-ring (bicyclic) bond motifs is 4. The molecule has 0 radical (unpaired) electrons. The van der Waals surface area contributed by atoms with Crippen molar-refractivity contribution in [2.24, 2.45) is 0 Å². The van der Waals surface area contributed by atoms with Crippen LogP contribution < -0.4 is 0 Å². The summed E-state index contributed by atoms with van der Waals surface area (Å²) in [6.07, 6.45) is -1.06. The van der Waals surface area contributed by atoms with E-state index in [0.29, 0.717) is 0 Å². The van der Waals surface area contributed by atoms with Crippen LogP contribution in [0.5, 0.6) is 0 Å². The number of alkyl halides is 1. The van der Waals surface area contributed by atoms with E-state index < -0.39 is 23.3 Å². The smallest absolute Gasteiger partial charge is 0.410 e. The molecular weight excluding hydrogens is 349 g/mol. The predicted octanol–water partition coefficient (Wildman–Crippen LogP) is 3.58. The maximum Gasteiger partial charge on any atom is 0.410 e. The fourth-order valence-electron chi connectivity index (χ4n) is 4.91. The zero-order chi connectivity index (χ0) is 18.8. The van der Waals surface area contributed by atoms with Crippen LogP contribution in [0, 0.1) is 0 Å². The summed E-state index contributed by atoms with van der Waals surface area (Å²) in [6, 6.07) is 15.9. The molecule has 2 aliphatic heterocycles. The Bertz CT molecular complexity index is 921. The molecule has 0 aromatic heterocycles. The highest BCUT2D eigenvalue weighted by atomic mass is 19.1. The van der Waals surface area contributed by atoms with Crippen molar-refractivity contribution in [2.45, 2.75) is 30.0 Å². The molecule has 2 aromatic rings. The molecule has 2 saturated heterocycles. The molecule has 138 valence electrons. The average molecular weight is 367 g/mol. The van der Waals surface area contributed by atoms with E-state index in [2.05, 4.69) is 0 Å². The number of carboxylic acid groups (broad SMARTS) is 1. The first kappa shape index (κ1) is 16.3. The van der Waals surface area contributed by atoms with Gasteiger partial charge in [0.15, 0.2) is 0 Å². The summed E-state index contributed by atoms with van der Waals surface area (Å²) in [6.45, 7) is -0.117. The van der Waals surface area contributed by atoms with E-state index in [0.717, 1.165) is 27.2 Å². The average Bonchev–Trinajstić information content (AvgIpc) is 3.24. The molecule has 6 rings (SSSR count). The zero-order valence-electron chi connectivity index (χ0n) is 14.5. The van der Waals surface area contributed by atoms with Gasteiger partial charge in [-0.05, 0) is 22.3 Å². The standard InChI is InChI=1S/C21H18FNO4/c22-20-10-21(11-20,18(24)25)23(12-20)19(26)27-9-17-15-7-3-1-5-13(15)14-6-2-4-8-16(14)17/h1-8,17H,9-12H2,(H,24,25). The number of amides is 1. The van der Waals surface area contributed by atoms with Crippen molar-refractivity contribution in [3.63, 3.8) is 0 Å². The Hall–Kier alpha value is -2.89. The lowest BCUT2D eigenvalue weighted by Gasteiger charge is -2.39. The van der Waals surface area contributed by atoms with Gasteiger partial charge in [0.1, 0.15) is 17.8 Å². The Morgan fingerprint density at radius 3 is 2.19 bits per heavy atom. The molecule has 27 heavy (non-hydrogen) atoms. The number of hydrogen-bond donors (Lipinski definition) is 1. The largest absolute Gasteiger partial charge is 0.479 e. The SMILES string of the molecule is O=C(OCC1c2ccccc2-c2ccccc21)N1CC2(F)CC1(C(=O)O)C2. The van der Waals surface area contributed by atoms with Crippen LogP contribution in [0.3, 0.4) is 0 Å². The van der Waals surface area contributed by atoms with Gasteiger partial charge in [0.2, 0.25) is 0 Å². The Morgan fingerprint density at radius 1 is 1.07 bits per heavy atom. The zero-order valence-corrected chi connectivity index (χ0v) is 14.5. The lowest BCUT2D eigenvalue weighted by molar-refractivity contribution is -0.154. The number of carboxylic acids is 1. The van der Waals surface area contributed by atoms with E-state index in [1.165, 1.54) is 0 Å². The van der Waals surface area contributed by atoms with Gasteiger partial charge in [-0.2, -0.15) is 0 Å². The second-order valence-corrected chi connectivity index (χ2v) is 7.73. The number of benzene rings is 2. The van der Waals surface area contributed by atoms with Crippen LogP contribution in [0.25, 0.3) is 11.1 Å². The van der Waals surface area contributed by atoms with Crippen LogP contribution in [0.1, 0.15) is 29.9 Å². The van der Waals surface area contributed by atoms with Gasteiger partial charge in [0, 0.05) is 18.8 Å². The molecule has 2 bridgehead atoms. The second kappa shape index (κ2) is 5.31. The third-order valence-corrected chi connectivity index (χ3v) is 6.13. The molecule has 1 N–H and O–H groups in total. The van der Waals surface area contributed by atoms with Crippen molar-refractivity contribution in [1.29, 1.82) is 0 Å². The van der Waals surface area contributed by atoms with Gasteiger partial charge in [0.25, 0.3) is 0 Å². The summed E-state index contributed by atoms with van der Waals surface area (Å²) in [7, 11) is 0. The van der Waals surface area contributed by atoms with Crippen LogP contribution >= 0.6 is 0 Å². The third-order valence-electron chi connectivity index (χ3n) is 6.13. The number of ether oxygens (including phenoxy) is 1. The fraction of sp³-hybridized carbons (Fsp3) is 0.333. The van der Waals surface area contributed by atoms with Crippen LogP contribution in [-0.4, -0.2) is 46.4 Å². The van der Waals surface area contributed by atoms with E-state index >= 15 is 0 Å². The minimum absolute atomic E-state index is 0.0956. The Balaban J connectivity index is 1.38. The monoisotopic (exact) mass is 367 g/mol. The molecule has 1 amide bonds. The van der Waals surface area contributed by atoms with Gasteiger partial charge in [0.05, 0.1) is 6.54 Å². The number of hydrogen-bond acceptors (Lipinski definition) is 3. The maximum absolute atomic E-state index is 14.3. The van der Waals surface area contributed by atoms with Crippen LogP contribution in [0.15, 0.2) is 48.5 Å². The lowest BCUT2D eigenvalue weighted by Crippen LogP contribution is -2.57. The summed E-state index contributed by atoms with van der Waals surface area (Å²) in [5.41, 5.74) is 1.34. The Morgan fingerprint density at radius 2 is 1.63 bits per heavy atom. The summed E-state index contributed by atoms with van der Waals surface area (Å²) < 4.78 is 19.8. The first-order chi connectivity index (χ1) is 12.9. The summed E-state index contributed by atoms with van der Waals surface area (Å²) in [5, 5.41) is 9.47. The number of halogens is 1. The first-order valence-corrected chi connectivity index (χ1v) is 8.99. The van der Waals surface area contributed by atoms with Gasteiger partial charge in [-0.25, -0.2) is 14.0 Å². The number of carbonyl (C=O) groups is 2. The summed E-state index contributed by atoms with van der Waals surface area (Å²) >= 11 is 0.